The molecule has 0 bridgehead atoms. The number of anilines is 1. The topological polar surface area (TPSA) is 30.5 Å². The first kappa shape index (κ1) is 20.4. The van der Waals surface area contributed by atoms with Crippen LogP contribution < -0.4 is 14.8 Å². The smallest absolute Gasteiger partial charge is 0.167 e. The first-order valence-corrected chi connectivity index (χ1v) is 9.57. The van der Waals surface area contributed by atoms with Crippen molar-refractivity contribution in [2.24, 2.45) is 0 Å². The van der Waals surface area contributed by atoms with Gasteiger partial charge in [0, 0.05) is 27.8 Å². The molecule has 0 aliphatic carbocycles. The number of halogens is 4. The fourth-order valence-corrected chi connectivity index (χ4v) is 3.26. The highest BCUT2D eigenvalue weighted by atomic mass is 79.9. The van der Waals surface area contributed by atoms with Crippen molar-refractivity contribution < 1.29 is 18.3 Å². The van der Waals surface area contributed by atoms with Crippen LogP contribution >= 0.6 is 27.5 Å². The van der Waals surface area contributed by atoms with Crippen LogP contribution in [0.25, 0.3) is 0 Å². The van der Waals surface area contributed by atoms with Crippen molar-refractivity contribution >= 4 is 33.2 Å². The Morgan fingerprint density at radius 1 is 1.04 bits per heavy atom. The molecule has 0 spiro atoms. The number of hydrogen-bond donors (Lipinski definition) is 1. The van der Waals surface area contributed by atoms with Gasteiger partial charge in [-0.3, -0.25) is 0 Å². The molecule has 3 rings (SSSR count). The molecule has 28 heavy (non-hydrogen) atoms. The zero-order valence-electron chi connectivity index (χ0n) is 14.9. The highest BCUT2D eigenvalue weighted by molar-refractivity contribution is 9.10. The first-order valence-electron chi connectivity index (χ1n) is 8.40. The van der Waals surface area contributed by atoms with Crippen molar-refractivity contribution in [3.63, 3.8) is 0 Å². The van der Waals surface area contributed by atoms with E-state index in [9.17, 15) is 8.78 Å². The van der Waals surface area contributed by atoms with Crippen LogP contribution in [0.1, 0.15) is 11.1 Å². The summed E-state index contributed by atoms with van der Waals surface area (Å²) in [5, 5.41) is 3.21. The average molecular weight is 469 g/mol. The molecule has 0 aromatic heterocycles. The zero-order chi connectivity index (χ0) is 20.1. The van der Waals surface area contributed by atoms with Crippen LogP contribution in [0, 0.1) is 11.6 Å². The molecule has 1 N–H and O–H groups in total. The van der Waals surface area contributed by atoms with E-state index in [-0.39, 0.29) is 17.4 Å². The molecule has 0 unspecified atom stereocenters. The molecule has 0 saturated carbocycles. The van der Waals surface area contributed by atoms with Gasteiger partial charge in [-0.2, -0.15) is 0 Å². The summed E-state index contributed by atoms with van der Waals surface area (Å²) in [5.74, 6) is 0.190. The Morgan fingerprint density at radius 2 is 1.82 bits per heavy atom. The van der Waals surface area contributed by atoms with Crippen molar-refractivity contribution in [1.82, 2.24) is 0 Å². The van der Waals surface area contributed by atoms with Crippen LogP contribution in [-0.2, 0) is 13.2 Å². The Morgan fingerprint density at radius 3 is 2.54 bits per heavy atom. The monoisotopic (exact) mass is 467 g/mol. The maximum atomic E-state index is 13.9. The number of hydrogen-bond acceptors (Lipinski definition) is 3. The quantitative estimate of drug-likeness (QED) is 0.425. The number of rotatable bonds is 7. The minimum absolute atomic E-state index is 0.0331. The summed E-state index contributed by atoms with van der Waals surface area (Å²) in [7, 11) is 1.54. The number of ether oxygens (including phenoxy) is 2. The summed E-state index contributed by atoms with van der Waals surface area (Å²) < 4.78 is 39.4. The minimum atomic E-state index is -0.483. The van der Waals surface area contributed by atoms with Crippen molar-refractivity contribution in [2.75, 3.05) is 12.4 Å². The molecule has 146 valence electrons. The van der Waals surface area contributed by atoms with E-state index in [1.54, 1.807) is 30.3 Å². The van der Waals surface area contributed by atoms with Crippen molar-refractivity contribution in [3.05, 3.63) is 86.9 Å². The predicted molar refractivity (Wildman–Crippen MR) is 110 cm³/mol. The summed E-state index contributed by atoms with van der Waals surface area (Å²) >= 11 is 9.35. The Labute approximate surface area is 175 Å². The Kier molecular flexibility index (Phi) is 6.75. The second kappa shape index (κ2) is 9.26. The fourth-order valence-electron chi connectivity index (χ4n) is 2.63. The third kappa shape index (κ3) is 4.75. The molecule has 3 nitrogen and oxygen atoms in total. The van der Waals surface area contributed by atoms with Gasteiger partial charge in [0.2, 0.25) is 0 Å². The maximum Gasteiger partial charge on any atom is 0.167 e. The molecular weight excluding hydrogens is 452 g/mol. The number of benzene rings is 3. The first-order chi connectivity index (χ1) is 13.5. The van der Waals surface area contributed by atoms with Crippen LogP contribution in [0.15, 0.2) is 59.1 Å². The summed E-state index contributed by atoms with van der Waals surface area (Å²) in [5.41, 5.74) is 1.87. The summed E-state index contributed by atoms with van der Waals surface area (Å²) in [6.07, 6.45) is 0. The molecule has 7 heteroatoms. The lowest BCUT2D eigenvalue weighted by molar-refractivity contribution is 0.276. The lowest BCUT2D eigenvalue weighted by Crippen LogP contribution is -2.07. The summed E-state index contributed by atoms with van der Waals surface area (Å²) in [4.78, 5) is 0. The van der Waals surface area contributed by atoms with Crippen molar-refractivity contribution in [1.29, 1.82) is 0 Å². The summed E-state index contributed by atoms with van der Waals surface area (Å²) in [6.45, 7) is 0.404. The lowest BCUT2D eigenvalue weighted by atomic mass is 10.1. The molecule has 0 amide bonds. The molecule has 3 aromatic carbocycles. The van der Waals surface area contributed by atoms with Crippen molar-refractivity contribution in [2.45, 2.75) is 13.2 Å². The predicted octanol–water partition coefficient (Wildman–Crippen LogP) is 6.58. The second-order valence-corrected chi connectivity index (χ2v) is 7.18. The Hall–Kier alpha value is -2.31. The normalized spacial score (nSPS) is 10.6. The van der Waals surface area contributed by atoms with E-state index >= 15 is 0 Å². The fraction of sp³-hybridized carbons (Fsp3) is 0.143. The van der Waals surface area contributed by atoms with Gasteiger partial charge in [-0.25, -0.2) is 8.78 Å². The van der Waals surface area contributed by atoms with Gasteiger partial charge in [0.25, 0.3) is 0 Å². The van der Waals surface area contributed by atoms with Crippen LogP contribution in [0.3, 0.4) is 0 Å². The molecule has 0 aliphatic heterocycles. The second-order valence-electron chi connectivity index (χ2n) is 5.92. The van der Waals surface area contributed by atoms with E-state index in [0.717, 1.165) is 10.0 Å². The van der Waals surface area contributed by atoms with E-state index in [1.165, 1.54) is 25.3 Å². The Bertz CT molecular complexity index is 985. The molecule has 0 radical (unpaired) electrons. The molecule has 3 aromatic rings. The molecule has 0 saturated heterocycles. The Balaban J connectivity index is 1.85. The van der Waals surface area contributed by atoms with Gasteiger partial charge in [0.05, 0.1) is 12.1 Å². The number of methoxy groups -OCH3 is 1. The molecule has 0 atom stereocenters. The van der Waals surface area contributed by atoms with Crippen LogP contribution in [0.4, 0.5) is 14.5 Å². The van der Waals surface area contributed by atoms with E-state index in [0.29, 0.717) is 29.3 Å². The third-order valence-corrected chi connectivity index (χ3v) is 5.14. The van der Waals surface area contributed by atoms with Gasteiger partial charge in [-0.15, -0.1) is 0 Å². The lowest BCUT2D eigenvalue weighted by Gasteiger charge is -2.18. The standard InChI is InChI=1S/C21H17BrClF2NO2/c1-27-20-9-7-16(22)15(11-26-14-6-8-19(25)17(23)10-14)21(20)28-12-13-4-2-3-5-18(13)24/h2-10,26H,11-12H2,1H3. The largest absolute Gasteiger partial charge is 0.493 e. The molecule has 0 heterocycles. The van der Waals surface area contributed by atoms with Gasteiger partial charge < -0.3 is 14.8 Å². The average Bonchev–Trinajstić information content (AvgIpc) is 2.69. The maximum absolute atomic E-state index is 13.9. The van der Waals surface area contributed by atoms with Crippen molar-refractivity contribution in [3.8, 4) is 11.5 Å². The minimum Gasteiger partial charge on any atom is -0.493 e. The van der Waals surface area contributed by atoms with Crippen LogP contribution in [-0.4, -0.2) is 7.11 Å². The van der Waals surface area contributed by atoms with E-state index < -0.39 is 5.82 Å². The van der Waals surface area contributed by atoms with Gasteiger partial charge in [-0.1, -0.05) is 45.7 Å². The van der Waals surface area contributed by atoms with E-state index in [1.807, 2.05) is 6.07 Å². The van der Waals surface area contributed by atoms with E-state index in [2.05, 4.69) is 21.2 Å². The highest BCUT2D eigenvalue weighted by Gasteiger charge is 2.16. The molecule has 0 aliphatic rings. The third-order valence-electron chi connectivity index (χ3n) is 4.11. The van der Waals surface area contributed by atoms with Gasteiger partial charge in [-0.05, 0) is 36.4 Å². The van der Waals surface area contributed by atoms with Gasteiger partial charge in [0.15, 0.2) is 11.5 Å². The van der Waals surface area contributed by atoms with Crippen LogP contribution in [0.2, 0.25) is 5.02 Å². The molecular formula is C21H17BrClF2NO2. The number of nitrogens with one attached hydrogen (secondary N) is 1. The summed E-state index contributed by atoms with van der Waals surface area (Å²) in [6, 6.07) is 14.4. The SMILES string of the molecule is COc1ccc(Br)c(CNc2ccc(F)c(Cl)c2)c1OCc1ccccc1F. The van der Waals surface area contributed by atoms with Gasteiger partial charge >= 0.3 is 0 Å². The zero-order valence-corrected chi connectivity index (χ0v) is 17.3. The highest BCUT2D eigenvalue weighted by Crippen LogP contribution is 2.37. The molecule has 0 fully saturated rings. The van der Waals surface area contributed by atoms with Gasteiger partial charge in [0.1, 0.15) is 18.2 Å². The van der Waals surface area contributed by atoms with E-state index in [4.69, 9.17) is 21.1 Å². The van der Waals surface area contributed by atoms with Crippen LogP contribution in [0.5, 0.6) is 11.5 Å².